The van der Waals surface area contributed by atoms with Crippen LogP contribution < -0.4 is 11.3 Å². The predicted molar refractivity (Wildman–Crippen MR) is 68.0 cm³/mol. The Balaban J connectivity index is 2.53. The van der Waals surface area contributed by atoms with Crippen LogP contribution in [0.2, 0.25) is 5.02 Å². The van der Waals surface area contributed by atoms with Gasteiger partial charge in [-0.2, -0.15) is 0 Å². The first kappa shape index (κ1) is 11.3. The highest BCUT2D eigenvalue weighted by Crippen LogP contribution is 2.28. The molecule has 0 aliphatic carbocycles. The molecular weight excluding hydrogens is 291 g/mol. The number of halogens is 2. The molecule has 1 aromatic heterocycles. The van der Waals surface area contributed by atoms with Gasteiger partial charge in [0.15, 0.2) is 5.82 Å². The minimum atomic E-state index is 0.529. The molecule has 0 saturated heterocycles. The van der Waals surface area contributed by atoms with Gasteiger partial charge in [0.2, 0.25) is 0 Å². The average molecular weight is 300 g/mol. The average Bonchev–Trinajstić information content (AvgIpc) is 2.32. The van der Waals surface area contributed by atoms with Gasteiger partial charge >= 0.3 is 0 Å². The molecule has 0 atom stereocenters. The Kier molecular flexibility index (Phi) is 3.38. The first-order chi connectivity index (χ1) is 7.70. The molecule has 0 amide bonds. The van der Waals surface area contributed by atoms with Gasteiger partial charge in [0.05, 0.1) is 5.02 Å². The third kappa shape index (κ3) is 2.32. The third-order valence-electron chi connectivity index (χ3n) is 1.97. The molecule has 0 fully saturated rings. The summed E-state index contributed by atoms with van der Waals surface area (Å²) in [5.74, 6) is 6.35. The molecule has 0 spiro atoms. The molecule has 0 aliphatic rings. The Morgan fingerprint density at radius 3 is 2.88 bits per heavy atom. The lowest BCUT2D eigenvalue weighted by atomic mass is 10.2. The van der Waals surface area contributed by atoms with Gasteiger partial charge in [-0.25, -0.2) is 15.8 Å². The van der Waals surface area contributed by atoms with Crippen molar-refractivity contribution in [2.75, 3.05) is 5.43 Å². The molecule has 16 heavy (non-hydrogen) atoms. The Morgan fingerprint density at radius 2 is 2.12 bits per heavy atom. The van der Waals surface area contributed by atoms with E-state index < -0.39 is 0 Å². The maximum absolute atomic E-state index is 6.07. The highest BCUT2D eigenvalue weighted by atomic mass is 79.9. The van der Waals surface area contributed by atoms with Gasteiger partial charge < -0.3 is 5.43 Å². The molecule has 0 bridgehead atoms. The van der Waals surface area contributed by atoms with E-state index in [1.807, 2.05) is 12.1 Å². The molecule has 4 nitrogen and oxygen atoms in total. The number of nitrogen functional groups attached to an aromatic ring is 1. The van der Waals surface area contributed by atoms with E-state index in [1.54, 1.807) is 18.3 Å². The van der Waals surface area contributed by atoms with Crippen molar-refractivity contribution in [3.05, 3.63) is 40.0 Å². The van der Waals surface area contributed by atoms with E-state index in [0.717, 1.165) is 10.0 Å². The number of hydrogen-bond acceptors (Lipinski definition) is 4. The molecule has 3 N–H and O–H groups in total. The minimum absolute atomic E-state index is 0.529. The van der Waals surface area contributed by atoms with E-state index in [-0.39, 0.29) is 0 Å². The van der Waals surface area contributed by atoms with Crippen molar-refractivity contribution in [1.29, 1.82) is 0 Å². The van der Waals surface area contributed by atoms with Gasteiger partial charge in [-0.05, 0) is 18.2 Å². The lowest BCUT2D eigenvalue weighted by Gasteiger charge is -2.05. The Morgan fingerprint density at radius 1 is 1.31 bits per heavy atom. The number of anilines is 1. The fourth-order valence-electron chi connectivity index (χ4n) is 1.24. The standard InChI is InChI=1S/C10H8BrClN4/c11-6-1-2-8(12)7(5-6)10-14-4-3-9(15-10)16-13/h1-5H,13H2,(H,14,15,16). The maximum atomic E-state index is 6.07. The van der Waals surface area contributed by atoms with Crippen molar-refractivity contribution in [2.45, 2.75) is 0 Å². The molecule has 6 heteroatoms. The van der Waals surface area contributed by atoms with Crippen molar-refractivity contribution < 1.29 is 0 Å². The van der Waals surface area contributed by atoms with Gasteiger partial charge in [0.25, 0.3) is 0 Å². The third-order valence-corrected chi connectivity index (χ3v) is 2.80. The summed E-state index contributed by atoms with van der Waals surface area (Å²) in [5.41, 5.74) is 3.22. The number of nitrogens with two attached hydrogens (primary N) is 1. The lowest BCUT2D eigenvalue weighted by Crippen LogP contribution is -2.09. The number of benzene rings is 1. The molecule has 0 aliphatic heterocycles. The van der Waals surface area contributed by atoms with Crippen molar-refractivity contribution in [3.63, 3.8) is 0 Å². The second-order valence-electron chi connectivity index (χ2n) is 3.03. The quantitative estimate of drug-likeness (QED) is 0.661. The van der Waals surface area contributed by atoms with Crippen LogP contribution in [0.25, 0.3) is 11.4 Å². The van der Waals surface area contributed by atoms with E-state index in [2.05, 4.69) is 31.3 Å². The number of nitrogens with zero attached hydrogens (tertiary/aromatic N) is 2. The van der Waals surface area contributed by atoms with Crippen LogP contribution in [0.3, 0.4) is 0 Å². The molecule has 1 heterocycles. The van der Waals surface area contributed by atoms with Crippen molar-refractivity contribution in [3.8, 4) is 11.4 Å². The second-order valence-corrected chi connectivity index (χ2v) is 4.36. The molecule has 2 rings (SSSR count). The molecule has 1 aromatic carbocycles. The first-order valence-corrected chi connectivity index (χ1v) is 5.63. The van der Waals surface area contributed by atoms with Crippen LogP contribution in [-0.4, -0.2) is 9.97 Å². The van der Waals surface area contributed by atoms with Crippen LogP contribution in [0.4, 0.5) is 5.82 Å². The van der Waals surface area contributed by atoms with Crippen LogP contribution in [-0.2, 0) is 0 Å². The maximum Gasteiger partial charge on any atom is 0.163 e. The largest absolute Gasteiger partial charge is 0.308 e. The molecule has 2 aromatic rings. The Hall–Kier alpha value is -1.17. The van der Waals surface area contributed by atoms with E-state index in [0.29, 0.717) is 16.7 Å². The predicted octanol–water partition coefficient (Wildman–Crippen LogP) is 2.85. The van der Waals surface area contributed by atoms with Gasteiger partial charge in [-0.3, -0.25) is 0 Å². The van der Waals surface area contributed by atoms with E-state index in [1.165, 1.54) is 0 Å². The number of rotatable bonds is 2. The SMILES string of the molecule is NNc1ccnc(-c2cc(Br)ccc2Cl)n1. The van der Waals surface area contributed by atoms with Gasteiger partial charge in [-0.15, -0.1) is 0 Å². The number of hydrazine groups is 1. The first-order valence-electron chi connectivity index (χ1n) is 4.46. The summed E-state index contributed by atoms with van der Waals surface area (Å²) in [6.07, 6.45) is 1.62. The van der Waals surface area contributed by atoms with Crippen LogP contribution >= 0.6 is 27.5 Å². The van der Waals surface area contributed by atoms with Crippen LogP contribution in [0, 0.1) is 0 Å². The Labute approximate surface area is 106 Å². The summed E-state index contributed by atoms with van der Waals surface area (Å²) in [6.45, 7) is 0. The monoisotopic (exact) mass is 298 g/mol. The summed E-state index contributed by atoms with van der Waals surface area (Å²) in [5, 5.41) is 0.595. The molecule has 0 unspecified atom stereocenters. The smallest absolute Gasteiger partial charge is 0.163 e. The van der Waals surface area contributed by atoms with E-state index >= 15 is 0 Å². The zero-order valence-corrected chi connectivity index (χ0v) is 10.5. The number of aromatic nitrogens is 2. The normalized spacial score (nSPS) is 10.2. The zero-order valence-electron chi connectivity index (χ0n) is 8.11. The highest BCUT2D eigenvalue weighted by Gasteiger charge is 2.07. The fourth-order valence-corrected chi connectivity index (χ4v) is 1.80. The van der Waals surface area contributed by atoms with Crippen LogP contribution in [0.5, 0.6) is 0 Å². The van der Waals surface area contributed by atoms with E-state index in [4.69, 9.17) is 17.4 Å². The highest BCUT2D eigenvalue weighted by molar-refractivity contribution is 9.10. The zero-order chi connectivity index (χ0) is 11.5. The summed E-state index contributed by atoms with van der Waals surface area (Å²) >= 11 is 9.45. The molecule has 0 radical (unpaired) electrons. The summed E-state index contributed by atoms with van der Waals surface area (Å²) < 4.78 is 0.918. The van der Waals surface area contributed by atoms with Gasteiger partial charge in [-0.1, -0.05) is 27.5 Å². The van der Waals surface area contributed by atoms with Gasteiger partial charge in [0, 0.05) is 22.3 Å². The summed E-state index contributed by atoms with van der Waals surface area (Å²) in [7, 11) is 0. The fraction of sp³-hybridized carbons (Fsp3) is 0. The van der Waals surface area contributed by atoms with E-state index in [9.17, 15) is 0 Å². The van der Waals surface area contributed by atoms with Gasteiger partial charge in [0.1, 0.15) is 5.82 Å². The molecular formula is C10H8BrClN4. The van der Waals surface area contributed by atoms with Crippen molar-refractivity contribution in [1.82, 2.24) is 9.97 Å². The minimum Gasteiger partial charge on any atom is -0.308 e. The number of nitrogens with one attached hydrogen (secondary N) is 1. The topological polar surface area (TPSA) is 63.8 Å². The number of hydrogen-bond donors (Lipinski definition) is 2. The lowest BCUT2D eigenvalue weighted by molar-refractivity contribution is 1.14. The molecule has 0 saturated carbocycles. The van der Waals surface area contributed by atoms with Crippen LogP contribution in [0.1, 0.15) is 0 Å². The second kappa shape index (κ2) is 4.78. The summed E-state index contributed by atoms with van der Waals surface area (Å²) in [4.78, 5) is 8.36. The molecule has 82 valence electrons. The Bertz CT molecular complexity index is 518. The van der Waals surface area contributed by atoms with Crippen molar-refractivity contribution >= 4 is 33.3 Å². The van der Waals surface area contributed by atoms with Crippen molar-refractivity contribution in [2.24, 2.45) is 5.84 Å². The van der Waals surface area contributed by atoms with Crippen LogP contribution in [0.15, 0.2) is 34.9 Å². The summed E-state index contributed by atoms with van der Waals surface area (Å²) in [6, 6.07) is 7.18.